The van der Waals surface area contributed by atoms with Gasteiger partial charge in [-0.05, 0) is 44.5 Å². The lowest BCUT2D eigenvalue weighted by Gasteiger charge is -2.23. The predicted molar refractivity (Wildman–Crippen MR) is 77.3 cm³/mol. The van der Waals surface area contributed by atoms with Crippen LogP contribution in [0.25, 0.3) is 0 Å². The highest BCUT2D eigenvalue weighted by Gasteiger charge is 2.18. The minimum absolute atomic E-state index is 0.139. The van der Waals surface area contributed by atoms with Crippen molar-refractivity contribution in [3.8, 4) is 0 Å². The van der Waals surface area contributed by atoms with Gasteiger partial charge in [0.15, 0.2) is 0 Å². The Hall–Kier alpha value is -1.95. The zero-order chi connectivity index (χ0) is 15.9. The number of carbonyl (C=O) groups is 2. The molecular formula is C15H21FN2O3. The van der Waals surface area contributed by atoms with E-state index in [0.717, 1.165) is 0 Å². The molecule has 1 rings (SSSR count). The lowest BCUT2D eigenvalue weighted by atomic mass is 10.1. The van der Waals surface area contributed by atoms with Crippen molar-refractivity contribution in [3.05, 3.63) is 35.6 Å². The summed E-state index contributed by atoms with van der Waals surface area (Å²) >= 11 is 0. The van der Waals surface area contributed by atoms with E-state index in [1.54, 1.807) is 13.8 Å². The van der Waals surface area contributed by atoms with Gasteiger partial charge in [-0.15, -0.1) is 0 Å². The van der Waals surface area contributed by atoms with E-state index in [0.29, 0.717) is 18.5 Å². The maximum Gasteiger partial charge on any atom is 0.251 e. The minimum atomic E-state index is -0.644. The molecule has 1 aromatic rings. The second kappa shape index (κ2) is 7.73. The molecule has 0 unspecified atom stereocenters. The number of halogens is 1. The number of aliphatic hydroxyl groups excluding tert-OH is 1. The number of hydrogen-bond donors (Lipinski definition) is 3. The van der Waals surface area contributed by atoms with Crippen molar-refractivity contribution in [3.63, 3.8) is 0 Å². The molecule has 0 aliphatic rings. The first-order chi connectivity index (χ1) is 9.84. The molecule has 0 atom stereocenters. The van der Waals surface area contributed by atoms with Gasteiger partial charge in [0, 0.05) is 18.5 Å². The monoisotopic (exact) mass is 296 g/mol. The Balaban J connectivity index is 2.26. The van der Waals surface area contributed by atoms with Gasteiger partial charge in [-0.3, -0.25) is 9.59 Å². The van der Waals surface area contributed by atoms with Crippen molar-refractivity contribution < 1.29 is 19.1 Å². The standard InChI is InChI=1S/C15H21FN2O3/c1-15(2,10-19)18-13(20)4-3-9-17-14(21)11-5-7-12(16)8-6-11/h5-8,19H,3-4,9-10H2,1-2H3,(H,17,21)(H,18,20). The van der Waals surface area contributed by atoms with Crippen molar-refractivity contribution in [1.82, 2.24) is 10.6 Å². The number of carbonyl (C=O) groups excluding carboxylic acids is 2. The molecule has 2 amide bonds. The number of aliphatic hydroxyl groups is 1. The van der Waals surface area contributed by atoms with E-state index in [9.17, 15) is 14.0 Å². The van der Waals surface area contributed by atoms with E-state index >= 15 is 0 Å². The van der Waals surface area contributed by atoms with Gasteiger partial charge in [0.25, 0.3) is 5.91 Å². The van der Waals surface area contributed by atoms with Crippen LogP contribution in [0.2, 0.25) is 0 Å². The van der Waals surface area contributed by atoms with Crippen molar-refractivity contribution in [2.75, 3.05) is 13.2 Å². The summed E-state index contributed by atoms with van der Waals surface area (Å²) in [7, 11) is 0. The van der Waals surface area contributed by atoms with Gasteiger partial charge in [0.1, 0.15) is 5.82 Å². The van der Waals surface area contributed by atoms with Crippen LogP contribution < -0.4 is 10.6 Å². The molecular weight excluding hydrogens is 275 g/mol. The smallest absolute Gasteiger partial charge is 0.251 e. The van der Waals surface area contributed by atoms with Crippen molar-refractivity contribution in [1.29, 1.82) is 0 Å². The van der Waals surface area contributed by atoms with E-state index in [1.165, 1.54) is 24.3 Å². The summed E-state index contributed by atoms with van der Waals surface area (Å²) in [5, 5.41) is 14.4. The number of amides is 2. The Kier molecular flexibility index (Phi) is 6.30. The molecule has 0 spiro atoms. The van der Waals surface area contributed by atoms with Gasteiger partial charge in [0.2, 0.25) is 5.91 Å². The lowest BCUT2D eigenvalue weighted by Crippen LogP contribution is -2.46. The second-order valence-corrected chi connectivity index (χ2v) is 5.46. The van der Waals surface area contributed by atoms with Crippen LogP contribution >= 0.6 is 0 Å². The molecule has 21 heavy (non-hydrogen) atoms. The van der Waals surface area contributed by atoms with Crippen LogP contribution in [0.3, 0.4) is 0 Å². The maximum absolute atomic E-state index is 12.7. The van der Waals surface area contributed by atoms with Crippen LogP contribution in [0.15, 0.2) is 24.3 Å². The quantitative estimate of drug-likeness (QED) is 0.662. The Bertz CT molecular complexity index is 486. The van der Waals surface area contributed by atoms with Gasteiger partial charge < -0.3 is 15.7 Å². The molecule has 0 bridgehead atoms. The summed E-state index contributed by atoms with van der Waals surface area (Å²) in [6.07, 6.45) is 0.743. The van der Waals surface area contributed by atoms with Crippen molar-refractivity contribution in [2.45, 2.75) is 32.2 Å². The van der Waals surface area contributed by atoms with E-state index < -0.39 is 11.4 Å². The van der Waals surface area contributed by atoms with Crippen LogP contribution in [0.5, 0.6) is 0 Å². The van der Waals surface area contributed by atoms with Crippen molar-refractivity contribution in [2.24, 2.45) is 0 Å². The fraction of sp³-hybridized carbons (Fsp3) is 0.467. The summed E-state index contributed by atoms with van der Waals surface area (Å²) in [6.45, 7) is 3.66. The third-order valence-corrected chi connectivity index (χ3v) is 2.85. The maximum atomic E-state index is 12.7. The summed E-state index contributed by atoms with van der Waals surface area (Å²) in [4.78, 5) is 23.3. The first-order valence-electron chi connectivity index (χ1n) is 6.80. The van der Waals surface area contributed by atoms with Gasteiger partial charge >= 0.3 is 0 Å². The molecule has 0 heterocycles. The Labute approximate surface area is 123 Å². The molecule has 0 aliphatic heterocycles. The first kappa shape index (κ1) is 17.1. The molecule has 116 valence electrons. The molecule has 3 N–H and O–H groups in total. The van der Waals surface area contributed by atoms with E-state index in [-0.39, 0.29) is 24.8 Å². The largest absolute Gasteiger partial charge is 0.394 e. The summed E-state index contributed by atoms with van der Waals surface area (Å²) in [5.41, 5.74) is -0.267. The second-order valence-electron chi connectivity index (χ2n) is 5.46. The van der Waals surface area contributed by atoms with E-state index in [2.05, 4.69) is 10.6 Å². The average Bonchev–Trinajstić information content (AvgIpc) is 2.43. The molecule has 5 nitrogen and oxygen atoms in total. The summed E-state index contributed by atoms with van der Waals surface area (Å²) < 4.78 is 12.7. The van der Waals surface area contributed by atoms with Crippen LogP contribution in [0.1, 0.15) is 37.0 Å². The summed E-state index contributed by atoms with van der Waals surface area (Å²) in [5.74, 6) is -0.870. The van der Waals surface area contributed by atoms with Crippen molar-refractivity contribution >= 4 is 11.8 Å². The molecule has 6 heteroatoms. The lowest BCUT2D eigenvalue weighted by molar-refractivity contribution is -0.123. The van der Waals surface area contributed by atoms with Gasteiger partial charge in [-0.25, -0.2) is 4.39 Å². The zero-order valence-electron chi connectivity index (χ0n) is 12.3. The third-order valence-electron chi connectivity index (χ3n) is 2.85. The molecule has 0 fully saturated rings. The fourth-order valence-corrected chi connectivity index (χ4v) is 1.63. The highest BCUT2D eigenvalue weighted by molar-refractivity contribution is 5.94. The van der Waals surface area contributed by atoms with Crippen LogP contribution in [-0.4, -0.2) is 35.6 Å². The minimum Gasteiger partial charge on any atom is -0.394 e. The van der Waals surface area contributed by atoms with Gasteiger partial charge in [-0.2, -0.15) is 0 Å². The fourth-order valence-electron chi connectivity index (χ4n) is 1.63. The van der Waals surface area contributed by atoms with Crippen LogP contribution in [-0.2, 0) is 4.79 Å². The Morgan fingerprint density at radius 3 is 2.43 bits per heavy atom. The highest BCUT2D eigenvalue weighted by atomic mass is 19.1. The Morgan fingerprint density at radius 1 is 1.24 bits per heavy atom. The van der Waals surface area contributed by atoms with E-state index in [4.69, 9.17) is 5.11 Å². The number of nitrogens with one attached hydrogen (secondary N) is 2. The molecule has 1 aromatic carbocycles. The molecule has 0 aliphatic carbocycles. The number of benzene rings is 1. The Morgan fingerprint density at radius 2 is 1.86 bits per heavy atom. The van der Waals surface area contributed by atoms with Crippen LogP contribution in [0, 0.1) is 5.82 Å². The van der Waals surface area contributed by atoms with Gasteiger partial charge in [-0.1, -0.05) is 0 Å². The predicted octanol–water partition coefficient (Wildman–Crippen LogP) is 1.22. The first-order valence-corrected chi connectivity index (χ1v) is 6.80. The third kappa shape index (κ3) is 6.35. The average molecular weight is 296 g/mol. The van der Waals surface area contributed by atoms with Crippen LogP contribution in [0.4, 0.5) is 4.39 Å². The van der Waals surface area contributed by atoms with E-state index in [1.807, 2.05) is 0 Å². The molecule has 0 saturated heterocycles. The summed E-state index contributed by atoms with van der Waals surface area (Å²) in [6, 6.07) is 5.25. The zero-order valence-corrected chi connectivity index (χ0v) is 12.3. The highest BCUT2D eigenvalue weighted by Crippen LogP contribution is 2.03. The number of rotatable bonds is 7. The van der Waals surface area contributed by atoms with Gasteiger partial charge in [0.05, 0.1) is 12.1 Å². The molecule has 0 saturated carbocycles. The molecule has 0 radical (unpaired) electrons. The normalized spacial score (nSPS) is 11.0. The SMILES string of the molecule is CC(C)(CO)NC(=O)CCCNC(=O)c1ccc(F)cc1. The molecule has 0 aromatic heterocycles. The number of hydrogen-bond acceptors (Lipinski definition) is 3. The topological polar surface area (TPSA) is 78.4 Å².